The molecule has 6 heteroatoms. The molecule has 0 fully saturated rings. The van der Waals surface area contributed by atoms with Gasteiger partial charge >= 0.3 is 5.97 Å². The van der Waals surface area contributed by atoms with Gasteiger partial charge in [0, 0.05) is 12.6 Å². The molecule has 0 unspecified atom stereocenters. The molecule has 1 heterocycles. The van der Waals surface area contributed by atoms with Gasteiger partial charge in [0.1, 0.15) is 17.3 Å². The summed E-state index contributed by atoms with van der Waals surface area (Å²) in [4.78, 5) is 27.0. The van der Waals surface area contributed by atoms with Crippen LogP contribution in [0, 0.1) is 5.92 Å². The lowest BCUT2D eigenvalue weighted by Gasteiger charge is -2.26. The Kier molecular flexibility index (Phi) is 5.58. The van der Waals surface area contributed by atoms with Crippen molar-refractivity contribution in [1.82, 2.24) is 0 Å². The molecule has 1 aliphatic heterocycles. The fourth-order valence-corrected chi connectivity index (χ4v) is 3.39. The fourth-order valence-electron chi connectivity index (χ4n) is 2.84. The Labute approximate surface area is 151 Å². The van der Waals surface area contributed by atoms with Crippen LogP contribution in [0.3, 0.4) is 0 Å². The summed E-state index contributed by atoms with van der Waals surface area (Å²) in [5.74, 6) is -0.781. The van der Waals surface area contributed by atoms with Crippen LogP contribution in [0.1, 0.15) is 39.7 Å². The van der Waals surface area contributed by atoms with Crippen LogP contribution in [0.4, 0.5) is 5.69 Å². The van der Waals surface area contributed by atoms with E-state index in [1.165, 1.54) is 0 Å². The summed E-state index contributed by atoms with van der Waals surface area (Å²) in [5, 5.41) is 0. The molecule has 0 N–H and O–H groups in total. The van der Waals surface area contributed by atoms with Crippen molar-refractivity contribution in [3.63, 3.8) is 0 Å². The van der Waals surface area contributed by atoms with Gasteiger partial charge in [0.2, 0.25) is 5.91 Å². The van der Waals surface area contributed by atoms with Gasteiger partial charge in [-0.2, -0.15) is 0 Å². The van der Waals surface area contributed by atoms with Crippen molar-refractivity contribution in [3.05, 3.63) is 22.2 Å². The number of nitrogens with zero attached hydrogens (tertiary/aromatic N) is 1. The van der Waals surface area contributed by atoms with Crippen molar-refractivity contribution in [2.75, 3.05) is 18.6 Å². The number of rotatable bonds is 3. The van der Waals surface area contributed by atoms with E-state index in [-0.39, 0.29) is 5.91 Å². The molecule has 2 rings (SSSR count). The third kappa shape index (κ3) is 3.91. The van der Waals surface area contributed by atoms with Gasteiger partial charge in [0.15, 0.2) is 0 Å². The molecule has 0 bridgehead atoms. The highest BCUT2D eigenvalue weighted by atomic mass is 79.9. The Bertz CT molecular complexity index is 651. The molecule has 0 aromatic heterocycles. The summed E-state index contributed by atoms with van der Waals surface area (Å²) in [6, 6.07) is 3.81. The number of fused-ring (bicyclic) bond motifs is 1. The molecule has 1 aliphatic rings. The van der Waals surface area contributed by atoms with Crippen LogP contribution in [-0.4, -0.2) is 31.1 Å². The molecule has 132 valence electrons. The Hall–Kier alpha value is -1.56. The minimum Gasteiger partial charge on any atom is -0.495 e. The molecule has 0 radical (unpaired) electrons. The average Bonchev–Trinajstić information content (AvgIpc) is 2.60. The Balaban J connectivity index is 2.39. The Morgan fingerprint density at radius 2 is 2.04 bits per heavy atom. The second kappa shape index (κ2) is 7.13. The number of amides is 1. The van der Waals surface area contributed by atoms with E-state index in [1.807, 2.05) is 19.1 Å². The van der Waals surface area contributed by atoms with E-state index in [9.17, 15) is 9.59 Å². The van der Waals surface area contributed by atoms with E-state index in [1.54, 1.807) is 32.8 Å². The van der Waals surface area contributed by atoms with Crippen molar-refractivity contribution in [1.29, 1.82) is 0 Å². The molecule has 0 aliphatic carbocycles. The van der Waals surface area contributed by atoms with Gasteiger partial charge in [-0.3, -0.25) is 9.59 Å². The van der Waals surface area contributed by atoms with Gasteiger partial charge in [-0.25, -0.2) is 0 Å². The molecule has 1 aromatic carbocycles. The number of halogens is 1. The zero-order valence-electron chi connectivity index (χ0n) is 14.8. The van der Waals surface area contributed by atoms with E-state index in [2.05, 4.69) is 15.9 Å². The number of methoxy groups -OCH3 is 1. The highest BCUT2D eigenvalue weighted by Gasteiger charge is 2.37. The summed E-state index contributed by atoms with van der Waals surface area (Å²) in [6.45, 7) is 7.80. The molecular weight excluding hydrogens is 374 g/mol. The number of ether oxygens (including phenoxy) is 2. The van der Waals surface area contributed by atoms with Gasteiger partial charge in [0.05, 0.1) is 17.3 Å². The highest BCUT2D eigenvalue weighted by molar-refractivity contribution is 9.10. The molecule has 1 amide bonds. The van der Waals surface area contributed by atoms with E-state index >= 15 is 0 Å². The first-order valence-corrected chi connectivity index (χ1v) is 8.88. The monoisotopic (exact) mass is 397 g/mol. The van der Waals surface area contributed by atoms with Crippen molar-refractivity contribution in [2.45, 2.75) is 46.1 Å². The Morgan fingerprint density at radius 1 is 1.38 bits per heavy atom. The number of aryl methyl sites for hydroxylation is 1. The first-order valence-electron chi connectivity index (χ1n) is 8.08. The van der Waals surface area contributed by atoms with E-state index in [0.29, 0.717) is 25.1 Å². The molecule has 5 nitrogen and oxygen atoms in total. The van der Waals surface area contributed by atoms with E-state index in [4.69, 9.17) is 9.47 Å². The predicted molar refractivity (Wildman–Crippen MR) is 96.4 cm³/mol. The van der Waals surface area contributed by atoms with Crippen LogP contribution in [0.5, 0.6) is 5.75 Å². The smallest absolute Gasteiger partial charge is 0.319 e. The predicted octanol–water partition coefficient (Wildman–Crippen LogP) is 3.71. The molecule has 0 saturated carbocycles. The van der Waals surface area contributed by atoms with Gasteiger partial charge in [-0.1, -0.05) is 0 Å². The SMILES string of the molecule is CCN1C(=O)[C@@H](C(=O)OC(C)(C)C)CCc2cc(Br)c(OC)cc21. The third-order valence-corrected chi connectivity index (χ3v) is 4.54. The average molecular weight is 398 g/mol. The Morgan fingerprint density at radius 3 is 2.58 bits per heavy atom. The van der Waals surface area contributed by atoms with Gasteiger partial charge in [-0.15, -0.1) is 0 Å². The minimum absolute atomic E-state index is 0.213. The zero-order chi connectivity index (χ0) is 18.1. The molecule has 24 heavy (non-hydrogen) atoms. The van der Waals surface area contributed by atoms with Crippen molar-refractivity contribution >= 4 is 33.5 Å². The number of esters is 1. The lowest BCUT2D eigenvalue weighted by Crippen LogP contribution is -2.41. The van der Waals surface area contributed by atoms with Crippen molar-refractivity contribution in [2.24, 2.45) is 5.92 Å². The quantitative estimate of drug-likeness (QED) is 0.575. The first kappa shape index (κ1) is 18.8. The molecular formula is C18H24BrNO4. The molecule has 0 spiro atoms. The van der Waals surface area contributed by atoms with Crippen LogP contribution in [0.25, 0.3) is 0 Å². The number of carbonyl (C=O) groups excluding carboxylic acids is 2. The van der Waals surface area contributed by atoms with E-state index in [0.717, 1.165) is 15.7 Å². The number of carbonyl (C=O) groups is 2. The molecule has 0 saturated heterocycles. The third-order valence-electron chi connectivity index (χ3n) is 3.92. The van der Waals surface area contributed by atoms with Crippen LogP contribution < -0.4 is 9.64 Å². The van der Waals surface area contributed by atoms with Crippen molar-refractivity contribution in [3.8, 4) is 5.75 Å². The molecule has 1 atom stereocenters. The largest absolute Gasteiger partial charge is 0.495 e. The zero-order valence-corrected chi connectivity index (χ0v) is 16.4. The summed E-state index contributed by atoms with van der Waals surface area (Å²) in [6.07, 6.45) is 1.07. The lowest BCUT2D eigenvalue weighted by atomic mass is 10.00. The molecule has 1 aromatic rings. The van der Waals surface area contributed by atoms with Gasteiger partial charge in [-0.05, 0) is 68.1 Å². The maximum atomic E-state index is 12.9. The number of hydrogen-bond acceptors (Lipinski definition) is 4. The minimum atomic E-state index is -0.777. The summed E-state index contributed by atoms with van der Waals surface area (Å²) in [7, 11) is 1.59. The summed E-state index contributed by atoms with van der Waals surface area (Å²) in [5.41, 5.74) is 1.21. The fraction of sp³-hybridized carbons (Fsp3) is 0.556. The topological polar surface area (TPSA) is 55.8 Å². The number of benzene rings is 1. The van der Waals surface area contributed by atoms with Crippen molar-refractivity contribution < 1.29 is 19.1 Å². The number of anilines is 1. The maximum Gasteiger partial charge on any atom is 0.319 e. The standard InChI is InChI=1S/C18H24BrNO4/c1-6-20-14-10-15(23-5)13(19)9-11(14)7-8-12(16(20)21)17(22)24-18(2,3)4/h9-10,12H,6-8H2,1-5H3/t12-/m0/s1. The lowest BCUT2D eigenvalue weighted by molar-refractivity contribution is -0.162. The summed E-state index contributed by atoms with van der Waals surface area (Å²) >= 11 is 3.48. The van der Waals surface area contributed by atoms with Crippen LogP contribution in [0.2, 0.25) is 0 Å². The number of hydrogen-bond donors (Lipinski definition) is 0. The first-order chi connectivity index (χ1) is 11.2. The van der Waals surface area contributed by atoms with Gasteiger partial charge < -0.3 is 14.4 Å². The summed E-state index contributed by atoms with van der Waals surface area (Å²) < 4.78 is 11.6. The van der Waals surface area contributed by atoms with E-state index < -0.39 is 17.5 Å². The highest BCUT2D eigenvalue weighted by Crippen LogP contribution is 2.37. The van der Waals surface area contributed by atoms with Crippen LogP contribution >= 0.6 is 15.9 Å². The van der Waals surface area contributed by atoms with Gasteiger partial charge in [0.25, 0.3) is 0 Å². The maximum absolute atomic E-state index is 12.9. The second-order valence-electron chi connectivity index (χ2n) is 6.82. The van der Waals surface area contributed by atoms with Crippen LogP contribution in [-0.2, 0) is 20.7 Å². The van der Waals surface area contributed by atoms with Crippen LogP contribution in [0.15, 0.2) is 16.6 Å². The second-order valence-corrected chi connectivity index (χ2v) is 7.68. The normalized spacial score (nSPS) is 18.0.